The molecule has 2 aromatic carbocycles. The van der Waals surface area contributed by atoms with Crippen molar-refractivity contribution in [1.29, 1.82) is 0 Å². The fourth-order valence-corrected chi connectivity index (χ4v) is 3.27. The van der Waals surface area contributed by atoms with Crippen molar-refractivity contribution in [3.8, 4) is 5.75 Å². The van der Waals surface area contributed by atoms with Crippen molar-refractivity contribution < 1.29 is 19.4 Å². The molecule has 0 radical (unpaired) electrons. The number of nitrogens with one attached hydrogen (secondary N) is 1. The number of benzene rings is 2. The van der Waals surface area contributed by atoms with E-state index in [9.17, 15) is 4.79 Å². The molecule has 1 saturated heterocycles. The minimum atomic E-state index is -0.924. The van der Waals surface area contributed by atoms with Crippen molar-refractivity contribution >= 4 is 17.3 Å². The predicted molar refractivity (Wildman–Crippen MR) is 106 cm³/mol. The van der Waals surface area contributed by atoms with Gasteiger partial charge >= 0.3 is 5.97 Å². The number of morpholine rings is 1. The summed E-state index contributed by atoms with van der Waals surface area (Å²) < 4.78 is 11.3. The second-order valence-electron chi connectivity index (χ2n) is 7.27. The van der Waals surface area contributed by atoms with Gasteiger partial charge in [-0.15, -0.1) is 0 Å². The van der Waals surface area contributed by atoms with Crippen LogP contribution < -0.4 is 15.0 Å². The second-order valence-corrected chi connectivity index (χ2v) is 7.27. The highest BCUT2D eigenvalue weighted by atomic mass is 16.5. The van der Waals surface area contributed by atoms with Crippen LogP contribution in [0.2, 0.25) is 0 Å². The number of rotatable bonds is 6. The van der Waals surface area contributed by atoms with Crippen LogP contribution >= 0.6 is 0 Å². The number of hydrogen-bond donors (Lipinski definition) is 2. The number of ether oxygens (including phenoxy) is 2. The highest BCUT2D eigenvalue weighted by Crippen LogP contribution is 2.32. The lowest BCUT2D eigenvalue weighted by Gasteiger charge is -2.39. The first-order valence-electron chi connectivity index (χ1n) is 9.01. The van der Waals surface area contributed by atoms with Crippen LogP contribution in [0.3, 0.4) is 0 Å². The van der Waals surface area contributed by atoms with Crippen molar-refractivity contribution in [2.45, 2.75) is 26.0 Å². The first-order chi connectivity index (χ1) is 12.9. The van der Waals surface area contributed by atoms with Crippen molar-refractivity contribution in [3.05, 3.63) is 53.6 Å². The van der Waals surface area contributed by atoms with Gasteiger partial charge in [-0.1, -0.05) is 12.1 Å². The molecule has 0 bridgehead atoms. The molecule has 0 unspecified atom stereocenters. The third kappa shape index (κ3) is 4.71. The Morgan fingerprint density at radius 2 is 2.11 bits per heavy atom. The molecule has 3 rings (SSSR count). The van der Waals surface area contributed by atoms with Gasteiger partial charge in [-0.25, -0.2) is 4.79 Å². The summed E-state index contributed by atoms with van der Waals surface area (Å²) in [6.07, 6.45) is 0. The Bertz CT molecular complexity index is 820. The molecule has 27 heavy (non-hydrogen) atoms. The Hall–Kier alpha value is -2.73. The van der Waals surface area contributed by atoms with Gasteiger partial charge in [-0.3, -0.25) is 0 Å². The van der Waals surface area contributed by atoms with Crippen LogP contribution in [0.5, 0.6) is 5.75 Å². The smallest absolute Gasteiger partial charge is 0.335 e. The molecule has 0 amide bonds. The lowest BCUT2D eigenvalue weighted by atomic mass is 10.1. The number of carboxylic acids is 1. The van der Waals surface area contributed by atoms with Crippen LogP contribution in [0.1, 0.15) is 29.8 Å². The molecule has 2 aromatic rings. The first-order valence-corrected chi connectivity index (χ1v) is 9.01. The zero-order valence-electron chi connectivity index (χ0n) is 16.0. The van der Waals surface area contributed by atoms with Crippen molar-refractivity contribution in [2.75, 3.05) is 37.0 Å². The SMILES string of the molecule is COc1cc(N2CCOC(C)(C)C2)ccc1NCc1cccc(C(=O)O)c1. The summed E-state index contributed by atoms with van der Waals surface area (Å²) in [5.41, 5.74) is 2.98. The number of hydrogen-bond acceptors (Lipinski definition) is 5. The fourth-order valence-electron chi connectivity index (χ4n) is 3.27. The molecular weight excluding hydrogens is 344 g/mol. The zero-order valence-corrected chi connectivity index (χ0v) is 16.0. The maximum absolute atomic E-state index is 11.1. The molecule has 6 nitrogen and oxygen atoms in total. The predicted octanol–water partition coefficient (Wildman–Crippen LogP) is 3.62. The van der Waals surface area contributed by atoms with E-state index >= 15 is 0 Å². The monoisotopic (exact) mass is 370 g/mol. The molecular formula is C21H26N2O4. The van der Waals surface area contributed by atoms with Crippen LogP contribution in [0.4, 0.5) is 11.4 Å². The van der Waals surface area contributed by atoms with Gasteiger partial charge in [0.1, 0.15) is 5.75 Å². The molecule has 1 heterocycles. The summed E-state index contributed by atoms with van der Waals surface area (Å²) >= 11 is 0. The molecule has 6 heteroatoms. The molecule has 1 aliphatic heterocycles. The van der Waals surface area contributed by atoms with E-state index in [4.69, 9.17) is 14.6 Å². The van der Waals surface area contributed by atoms with E-state index in [1.807, 2.05) is 18.2 Å². The first kappa shape index (κ1) is 19.0. The van der Waals surface area contributed by atoms with Gasteiger partial charge in [0.15, 0.2) is 0 Å². The van der Waals surface area contributed by atoms with E-state index in [1.165, 1.54) is 0 Å². The maximum Gasteiger partial charge on any atom is 0.335 e. The van der Waals surface area contributed by atoms with Crippen LogP contribution in [0.25, 0.3) is 0 Å². The fraction of sp³-hybridized carbons (Fsp3) is 0.381. The largest absolute Gasteiger partial charge is 0.495 e. The quantitative estimate of drug-likeness (QED) is 0.809. The highest BCUT2D eigenvalue weighted by Gasteiger charge is 2.27. The summed E-state index contributed by atoms with van der Waals surface area (Å²) in [5, 5.41) is 12.4. The zero-order chi connectivity index (χ0) is 19.4. The lowest BCUT2D eigenvalue weighted by Crippen LogP contribution is -2.48. The van der Waals surface area contributed by atoms with E-state index < -0.39 is 5.97 Å². The molecule has 1 aliphatic rings. The van der Waals surface area contributed by atoms with Gasteiger partial charge in [-0.05, 0) is 43.7 Å². The van der Waals surface area contributed by atoms with Crippen molar-refractivity contribution in [1.82, 2.24) is 0 Å². The van der Waals surface area contributed by atoms with Gasteiger partial charge in [0, 0.05) is 31.4 Å². The highest BCUT2D eigenvalue weighted by molar-refractivity contribution is 5.87. The molecule has 0 aliphatic carbocycles. The maximum atomic E-state index is 11.1. The number of carboxylic acid groups (broad SMARTS) is 1. The number of aromatic carboxylic acids is 1. The van der Waals surface area contributed by atoms with Gasteiger partial charge in [0.05, 0.1) is 30.6 Å². The number of anilines is 2. The molecule has 0 saturated carbocycles. The minimum absolute atomic E-state index is 0.169. The molecule has 144 valence electrons. The van der Waals surface area contributed by atoms with Crippen molar-refractivity contribution in [3.63, 3.8) is 0 Å². The molecule has 2 N–H and O–H groups in total. The Morgan fingerprint density at radius 1 is 1.30 bits per heavy atom. The standard InChI is InChI=1S/C21H26N2O4/c1-21(2)14-23(9-10-27-21)17-7-8-18(19(12-17)26-3)22-13-15-5-4-6-16(11-15)20(24)25/h4-8,11-12,22H,9-10,13-14H2,1-3H3,(H,24,25). The van der Waals surface area contributed by atoms with E-state index in [2.05, 4.69) is 30.1 Å². The lowest BCUT2D eigenvalue weighted by molar-refractivity contribution is -0.0277. The van der Waals surface area contributed by atoms with Crippen LogP contribution in [-0.4, -0.2) is 43.5 Å². The normalized spacial score (nSPS) is 16.0. The van der Waals surface area contributed by atoms with E-state index in [0.29, 0.717) is 13.2 Å². The third-order valence-electron chi connectivity index (χ3n) is 4.63. The molecule has 0 atom stereocenters. The average Bonchev–Trinajstić information content (AvgIpc) is 2.65. The average molecular weight is 370 g/mol. The summed E-state index contributed by atoms with van der Waals surface area (Å²) in [6.45, 7) is 7.08. The van der Waals surface area contributed by atoms with Gasteiger partial charge in [0.25, 0.3) is 0 Å². The molecule has 0 spiro atoms. The minimum Gasteiger partial charge on any atom is -0.495 e. The van der Waals surface area contributed by atoms with Gasteiger partial charge < -0.3 is 24.8 Å². The Morgan fingerprint density at radius 3 is 2.81 bits per heavy atom. The second kappa shape index (κ2) is 7.88. The summed E-state index contributed by atoms with van der Waals surface area (Å²) in [6, 6.07) is 13.0. The van der Waals surface area contributed by atoms with Gasteiger partial charge in [0.2, 0.25) is 0 Å². The van der Waals surface area contributed by atoms with Crippen LogP contribution in [0, 0.1) is 0 Å². The van der Waals surface area contributed by atoms with Crippen molar-refractivity contribution in [2.24, 2.45) is 0 Å². The Kier molecular flexibility index (Phi) is 5.56. The van der Waals surface area contributed by atoms with E-state index in [1.54, 1.807) is 25.3 Å². The number of methoxy groups -OCH3 is 1. The molecule has 0 aromatic heterocycles. The molecule has 1 fully saturated rings. The number of carbonyl (C=O) groups is 1. The third-order valence-corrected chi connectivity index (χ3v) is 4.63. The van der Waals surface area contributed by atoms with E-state index in [0.717, 1.165) is 35.8 Å². The summed E-state index contributed by atoms with van der Waals surface area (Å²) in [7, 11) is 1.65. The Labute approximate surface area is 159 Å². The topological polar surface area (TPSA) is 71.0 Å². The van der Waals surface area contributed by atoms with Crippen LogP contribution in [-0.2, 0) is 11.3 Å². The Balaban J connectivity index is 1.73. The van der Waals surface area contributed by atoms with Crippen LogP contribution in [0.15, 0.2) is 42.5 Å². The summed E-state index contributed by atoms with van der Waals surface area (Å²) in [5.74, 6) is -0.168. The summed E-state index contributed by atoms with van der Waals surface area (Å²) in [4.78, 5) is 13.4. The number of nitrogens with zero attached hydrogens (tertiary/aromatic N) is 1. The van der Waals surface area contributed by atoms with Gasteiger partial charge in [-0.2, -0.15) is 0 Å². The van der Waals surface area contributed by atoms with E-state index in [-0.39, 0.29) is 11.2 Å².